The molecular formula is C40H26N4S. The maximum atomic E-state index is 5.28. The van der Waals surface area contributed by atoms with Crippen molar-refractivity contribution in [2.45, 2.75) is 0 Å². The van der Waals surface area contributed by atoms with Crippen LogP contribution in [-0.4, -0.2) is 14.5 Å². The maximum Gasteiger partial charge on any atom is 0.0971 e. The second-order valence-corrected chi connectivity index (χ2v) is 12.2. The van der Waals surface area contributed by atoms with E-state index in [4.69, 9.17) is 4.98 Å². The van der Waals surface area contributed by atoms with Gasteiger partial charge in [0.25, 0.3) is 0 Å². The Morgan fingerprint density at radius 2 is 1.29 bits per heavy atom. The molecule has 0 fully saturated rings. The molecule has 0 N–H and O–H groups in total. The smallest absolute Gasteiger partial charge is 0.0971 e. The SMILES string of the molecule is c1ccc(N(c2ccccc2)c2cccc(-n3c4cc5sc6ccccc6c5cc4c4nc(-c5cccnc5)ccc43)c2)cc1. The third-order valence-electron chi connectivity index (χ3n) is 8.44. The number of fused-ring (bicyclic) bond motifs is 6. The molecule has 0 unspecified atom stereocenters. The highest BCUT2D eigenvalue weighted by molar-refractivity contribution is 7.25. The van der Waals surface area contributed by atoms with Crippen molar-refractivity contribution in [2.24, 2.45) is 0 Å². The van der Waals surface area contributed by atoms with Gasteiger partial charge in [0.05, 0.1) is 22.2 Å². The summed E-state index contributed by atoms with van der Waals surface area (Å²) in [6.07, 6.45) is 3.68. The van der Waals surface area contributed by atoms with Crippen LogP contribution in [0.3, 0.4) is 0 Å². The highest BCUT2D eigenvalue weighted by Gasteiger charge is 2.19. The molecule has 4 heterocycles. The third-order valence-corrected chi connectivity index (χ3v) is 9.57. The standard InChI is InChI=1S/C40H26N4S/c1-3-12-28(13-4-1)43(29-14-5-2-6-15-29)30-16-9-17-31(23-30)44-36-21-20-35(27-11-10-22-41-26-27)42-40(36)34-24-33-32-18-7-8-19-38(32)45-39(33)25-37(34)44/h1-26H. The molecule has 45 heavy (non-hydrogen) atoms. The van der Waals surface area contributed by atoms with Crippen molar-refractivity contribution >= 4 is 70.5 Å². The Morgan fingerprint density at radius 3 is 2.07 bits per heavy atom. The summed E-state index contributed by atoms with van der Waals surface area (Å²) in [5, 5.41) is 3.69. The Hall–Kier alpha value is -5.78. The molecule has 0 radical (unpaired) electrons. The van der Waals surface area contributed by atoms with E-state index < -0.39 is 0 Å². The van der Waals surface area contributed by atoms with Crippen molar-refractivity contribution in [2.75, 3.05) is 4.90 Å². The summed E-state index contributed by atoms with van der Waals surface area (Å²) in [7, 11) is 0. The minimum Gasteiger partial charge on any atom is -0.310 e. The van der Waals surface area contributed by atoms with E-state index >= 15 is 0 Å². The molecule has 4 aromatic heterocycles. The highest BCUT2D eigenvalue weighted by Crippen LogP contribution is 2.42. The molecule has 0 aliphatic carbocycles. The zero-order chi connectivity index (χ0) is 29.7. The highest BCUT2D eigenvalue weighted by atomic mass is 32.1. The Balaban J connectivity index is 1.32. The van der Waals surface area contributed by atoms with Gasteiger partial charge in [-0.1, -0.05) is 60.7 Å². The second kappa shape index (κ2) is 10.4. The van der Waals surface area contributed by atoms with Gasteiger partial charge < -0.3 is 9.47 Å². The summed E-state index contributed by atoms with van der Waals surface area (Å²) in [5.41, 5.74) is 9.51. The third kappa shape index (κ3) is 4.28. The fraction of sp³-hybridized carbons (Fsp3) is 0. The summed E-state index contributed by atoms with van der Waals surface area (Å²) >= 11 is 1.84. The minimum absolute atomic E-state index is 0.915. The number of nitrogens with zero attached hydrogens (tertiary/aromatic N) is 4. The van der Waals surface area contributed by atoms with Crippen molar-refractivity contribution in [1.82, 2.24) is 14.5 Å². The summed E-state index contributed by atoms with van der Waals surface area (Å²) in [6, 6.07) is 51.6. The van der Waals surface area contributed by atoms with E-state index in [1.54, 1.807) is 6.20 Å². The van der Waals surface area contributed by atoms with Crippen molar-refractivity contribution in [1.29, 1.82) is 0 Å². The zero-order valence-electron chi connectivity index (χ0n) is 24.2. The van der Waals surface area contributed by atoms with Crippen LogP contribution in [0, 0.1) is 0 Å². The van der Waals surface area contributed by atoms with E-state index in [1.165, 1.54) is 20.2 Å². The van der Waals surface area contributed by atoms with Gasteiger partial charge in [0.15, 0.2) is 0 Å². The molecule has 0 amide bonds. The predicted octanol–water partition coefficient (Wildman–Crippen LogP) is 11.1. The summed E-state index contributed by atoms with van der Waals surface area (Å²) in [5.74, 6) is 0. The molecule has 0 spiro atoms. The maximum absolute atomic E-state index is 5.28. The first-order valence-electron chi connectivity index (χ1n) is 15.0. The van der Waals surface area contributed by atoms with Gasteiger partial charge >= 0.3 is 0 Å². The van der Waals surface area contributed by atoms with Crippen LogP contribution >= 0.6 is 11.3 Å². The van der Waals surface area contributed by atoms with Gasteiger partial charge in [-0.2, -0.15) is 0 Å². The Kier molecular flexibility index (Phi) is 5.96. The van der Waals surface area contributed by atoms with Crippen LogP contribution < -0.4 is 4.90 Å². The molecule has 0 atom stereocenters. The van der Waals surface area contributed by atoms with Gasteiger partial charge in [0, 0.05) is 66.3 Å². The molecule has 4 nitrogen and oxygen atoms in total. The molecule has 9 aromatic rings. The molecule has 0 bridgehead atoms. The van der Waals surface area contributed by atoms with Crippen molar-refractivity contribution in [3.05, 3.63) is 158 Å². The lowest BCUT2D eigenvalue weighted by Crippen LogP contribution is -2.10. The fourth-order valence-electron chi connectivity index (χ4n) is 6.42. The molecule has 212 valence electrons. The lowest BCUT2D eigenvalue weighted by Gasteiger charge is -2.26. The summed E-state index contributed by atoms with van der Waals surface area (Å²) < 4.78 is 4.93. The Morgan fingerprint density at radius 1 is 0.533 bits per heavy atom. The van der Waals surface area contributed by atoms with Crippen molar-refractivity contribution < 1.29 is 0 Å². The van der Waals surface area contributed by atoms with E-state index in [0.717, 1.165) is 55.9 Å². The van der Waals surface area contributed by atoms with E-state index in [-0.39, 0.29) is 0 Å². The molecule has 9 rings (SSSR count). The molecular weight excluding hydrogens is 569 g/mol. The largest absolute Gasteiger partial charge is 0.310 e. The van der Waals surface area contributed by atoms with Gasteiger partial charge in [-0.25, -0.2) is 4.98 Å². The van der Waals surface area contributed by atoms with Crippen LogP contribution in [0.1, 0.15) is 0 Å². The van der Waals surface area contributed by atoms with E-state index in [9.17, 15) is 0 Å². The minimum atomic E-state index is 0.915. The fourth-order valence-corrected chi connectivity index (χ4v) is 7.54. The number of benzene rings is 5. The van der Waals surface area contributed by atoms with Crippen LogP contribution in [0.4, 0.5) is 17.1 Å². The molecule has 0 aliphatic heterocycles. The van der Waals surface area contributed by atoms with E-state index in [0.29, 0.717) is 0 Å². The van der Waals surface area contributed by atoms with E-state index in [2.05, 4.69) is 154 Å². The topological polar surface area (TPSA) is 34.0 Å². The first kappa shape index (κ1) is 25.7. The Labute approximate surface area is 264 Å². The van der Waals surface area contributed by atoms with Crippen LogP contribution in [0.25, 0.3) is 59.1 Å². The summed E-state index contributed by atoms with van der Waals surface area (Å²) in [6.45, 7) is 0. The number of rotatable bonds is 5. The number of thiophene rings is 1. The lowest BCUT2D eigenvalue weighted by atomic mass is 10.1. The van der Waals surface area contributed by atoms with Crippen LogP contribution in [-0.2, 0) is 0 Å². The molecule has 5 heteroatoms. The molecule has 5 aromatic carbocycles. The predicted molar refractivity (Wildman–Crippen MR) is 189 cm³/mol. The summed E-state index contributed by atoms with van der Waals surface area (Å²) in [4.78, 5) is 11.9. The van der Waals surface area contributed by atoms with Gasteiger partial charge in [-0.15, -0.1) is 11.3 Å². The number of hydrogen-bond acceptors (Lipinski definition) is 4. The number of pyridine rings is 2. The van der Waals surface area contributed by atoms with Crippen LogP contribution in [0.5, 0.6) is 0 Å². The van der Waals surface area contributed by atoms with Crippen molar-refractivity contribution in [3.8, 4) is 16.9 Å². The Bertz CT molecular complexity index is 2440. The van der Waals surface area contributed by atoms with Crippen molar-refractivity contribution in [3.63, 3.8) is 0 Å². The number of para-hydroxylation sites is 2. The average molecular weight is 595 g/mol. The normalized spacial score (nSPS) is 11.6. The van der Waals surface area contributed by atoms with Gasteiger partial charge in [-0.05, 0) is 84.9 Å². The van der Waals surface area contributed by atoms with E-state index in [1.807, 2.05) is 23.6 Å². The van der Waals surface area contributed by atoms with Gasteiger partial charge in [0.1, 0.15) is 0 Å². The first-order chi connectivity index (χ1) is 22.3. The molecule has 0 saturated carbocycles. The first-order valence-corrected chi connectivity index (χ1v) is 15.8. The second-order valence-electron chi connectivity index (χ2n) is 11.1. The zero-order valence-corrected chi connectivity index (χ0v) is 25.0. The van der Waals surface area contributed by atoms with Crippen LogP contribution in [0.15, 0.2) is 158 Å². The number of anilines is 3. The molecule has 0 aliphatic rings. The monoisotopic (exact) mass is 594 g/mol. The number of aromatic nitrogens is 3. The lowest BCUT2D eigenvalue weighted by molar-refractivity contribution is 1.17. The van der Waals surface area contributed by atoms with Gasteiger partial charge in [-0.3, -0.25) is 4.98 Å². The van der Waals surface area contributed by atoms with Crippen LogP contribution in [0.2, 0.25) is 0 Å². The quantitative estimate of drug-likeness (QED) is 0.199. The average Bonchev–Trinajstić information content (AvgIpc) is 3.63. The molecule has 0 saturated heterocycles. The number of hydrogen-bond donors (Lipinski definition) is 0. The van der Waals surface area contributed by atoms with Gasteiger partial charge in [0.2, 0.25) is 0 Å².